The first kappa shape index (κ1) is 35.4. The molecular formula is C26H62N2. The molecule has 1 unspecified atom stereocenters. The van der Waals surface area contributed by atoms with Gasteiger partial charge in [0.05, 0.1) is 0 Å². The van der Waals surface area contributed by atoms with Gasteiger partial charge >= 0.3 is 0 Å². The van der Waals surface area contributed by atoms with E-state index in [1.807, 2.05) is 27.7 Å². The van der Waals surface area contributed by atoms with Crippen molar-refractivity contribution in [1.82, 2.24) is 10.2 Å². The van der Waals surface area contributed by atoms with E-state index in [0.717, 1.165) is 0 Å². The molecule has 28 heavy (non-hydrogen) atoms. The van der Waals surface area contributed by atoms with Crippen LogP contribution < -0.4 is 5.32 Å². The van der Waals surface area contributed by atoms with E-state index in [4.69, 9.17) is 0 Å². The number of hydrogen-bond acceptors (Lipinski definition) is 2. The van der Waals surface area contributed by atoms with E-state index in [1.165, 1.54) is 0 Å². The van der Waals surface area contributed by atoms with E-state index < -0.39 is 0 Å². The summed E-state index contributed by atoms with van der Waals surface area (Å²) in [7, 11) is 2.21. The molecule has 0 radical (unpaired) electrons. The van der Waals surface area contributed by atoms with Gasteiger partial charge in [0.2, 0.25) is 0 Å². The first-order chi connectivity index (χ1) is 12.0. The smallest absolute Gasteiger partial charge is 0.0203 e. The standard InChI is InChI=1S/C12H27N.C10H23N.2C2H6/c1-10(2,3)12(7,8)13(9)11(4,5)6;1-8(9(2,3)4)11-10(5,6)7;2*1-2/h1-9H3;8,11H,1-7H3;2*1-2H3. The highest BCUT2D eigenvalue weighted by Gasteiger charge is 2.40. The molecule has 0 saturated heterocycles. The molecule has 0 amide bonds. The first-order valence-corrected chi connectivity index (χ1v) is 11.5. The lowest BCUT2D eigenvalue weighted by Crippen LogP contribution is -2.57. The second kappa shape index (κ2) is 13.3. The Kier molecular flexibility index (Phi) is 16.8. The highest BCUT2D eigenvalue weighted by molar-refractivity contribution is 4.95. The Morgan fingerprint density at radius 3 is 0.964 bits per heavy atom. The Morgan fingerprint density at radius 1 is 0.607 bits per heavy atom. The summed E-state index contributed by atoms with van der Waals surface area (Å²) in [5.74, 6) is 0. The summed E-state index contributed by atoms with van der Waals surface area (Å²) in [5.41, 5.74) is 1.33. The van der Waals surface area contributed by atoms with Gasteiger partial charge in [0.1, 0.15) is 0 Å². The molecule has 0 aromatic rings. The van der Waals surface area contributed by atoms with Gasteiger partial charge in [0, 0.05) is 22.7 Å². The number of nitrogens with zero attached hydrogens (tertiary/aromatic N) is 1. The third-order valence-corrected chi connectivity index (χ3v) is 5.63. The van der Waals surface area contributed by atoms with E-state index in [0.29, 0.717) is 16.9 Å². The molecule has 2 nitrogen and oxygen atoms in total. The van der Waals surface area contributed by atoms with Crippen LogP contribution in [0.2, 0.25) is 0 Å². The van der Waals surface area contributed by atoms with Gasteiger partial charge in [-0.05, 0) is 80.2 Å². The maximum Gasteiger partial charge on any atom is 0.0203 e. The van der Waals surface area contributed by atoms with Crippen LogP contribution in [0.3, 0.4) is 0 Å². The van der Waals surface area contributed by atoms with Gasteiger partial charge in [-0.15, -0.1) is 0 Å². The molecule has 0 rings (SSSR count). The largest absolute Gasteiger partial charge is 0.309 e. The van der Waals surface area contributed by atoms with Crippen LogP contribution in [0.25, 0.3) is 0 Å². The molecule has 0 heterocycles. The lowest BCUT2D eigenvalue weighted by molar-refractivity contribution is -0.0181. The van der Waals surface area contributed by atoms with Crippen LogP contribution in [-0.2, 0) is 0 Å². The lowest BCUT2D eigenvalue weighted by Gasteiger charge is -2.51. The minimum Gasteiger partial charge on any atom is -0.309 e. The zero-order valence-electron chi connectivity index (χ0n) is 24.0. The predicted octanol–water partition coefficient (Wildman–Crippen LogP) is 8.40. The summed E-state index contributed by atoms with van der Waals surface area (Å²) in [6.07, 6.45) is 0. The van der Waals surface area contributed by atoms with Crippen molar-refractivity contribution in [1.29, 1.82) is 0 Å². The summed E-state index contributed by atoms with van der Waals surface area (Å²) in [6.45, 7) is 42.0. The fourth-order valence-corrected chi connectivity index (χ4v) is 2.21. The number of rotatable bonds is 2. The van der Waals surface area contributed by atoms with Gasteiger partial charge in [-0.1, -0.05) is 69.2 Å². The molecule has 0 aromatic carbocycles. The molecule has 176 valence electrons. The zero-order valence-corrected chi connectivity index (χ0v) is 24.0. The van der Waals surface area contributed by atoms with Gasteiger partial charge in [-0.25, -0.2) is 0 Å². The summed E-state index contributed by atoms with van der Waals surface area (Å²) in [6, 6.07) is 0.558. The molecular weight excluding hydrogens is 340 g/mol. The quantitative estimate of drug-likeness (QED) is 0.498. The van der Waals surface area contributed by atoms with E-state index in [9.17, 15) is 0 Å². The third-order valence-electron chi connectivity index (χ3n) is 5.63. The fraction of sp³-hybridized carbons (Fsp3) is 1.00. The molecule has 0 aliphatic heterocycles. The Bertz CT molecular complexity index is 354. The second-order valence-corrected chi connectivity index (χ2v) is 12.0. The van der Waals surface area contributed by atoms with Crippen molar-refractivity contribution in [3.8, 4) is 0 Å². The van der Waals surface area contributed by atoms with Crippen molar-refractivity contribution in [2.24, 2.45) is 10.8 Å². The Balaban J connectivity index is -0.000000176. The van der Waals surface area contributed by atoms with Crippen LogP contribution in [0.4, 0.5) is 0 Å². The van der Waals surface area contributed by atoms with Gasteiger partial charge in [-0.2, -0.15) is 0 Å². The molecule has 0 aliphatic rings. The topological polar surface area (TPSA) is 15.3 Å². The molecule has 1 N–H and O–H groups in total. The van der Waals surface area contributed by atoms with Crippen LogP contribution in [0.15, 0.2) is 0 Å². The molecule has 0 aromatic heterocycles. The van der Waals surface area contributed by atoms with Gasteiger partial charge in [0.25, 0.3) is 0 Å². The first-order valence-electron chi connectivity index (χ1n) is 11.5. The minimum atomic E-state index is 0.214. The number of hydrogen-bond donors (Lipinski definition) is 1. The summed E-state index contributed by atoms with van der Waals surface area (Å²) in [4.78, 5) is 2.46. The normalized spacial score (nSPS) is 14.0. The molecule has 0 aliphatic carbocycles. The molecule has 0 saturated carbocycles. The van der Waals surface area contributed by atoms with Crippen LogP contribution in [-0.4, -0.2) is 34.6 Å². The highest BCUT2D eigenvalue weighted by atomic mass is 15.2. The highest BCUT2D eigenvalue weighted by Crippen LogP contribution is 2.37. The molecule has 0 fully saturated rings. The molecule has 1 atom stereocenters. The van der Waals surface area contributed by atoms with E-state index in [2.05, 4.69) is 121 Å². The summed E-state index contributed by atoms with van der Waals surface area (Å²) in [5, 5.41) is 3.56. The van der Waals surface area contributed by atoms with Crippen LogP contribution >= 0.6 is 0 Å². The average molecular weight is 403 g/mol. The van der Waals surface area contributed by atoms with E-state index >= 15 is 0 Å². The molecule has 0 spiro atoms. The van der Waals surface area contributed by atoms with Gasteiger partial charge in [-0.3, -0.25) is 4.90 Å². The van der Waals surface area contributed by atoms with Crippen LogP contribution in [0.1, 0.15) is 132 Å². The number of nitrogens with one attached hydrogen (secondary N) is 1. The molecule has 0 bridgehead atoms. The Labute approximate surface area is 182 Å². The third kappa shape index (κ3) is 15.8. The lowest BCUT2D eigenvalue weighted by atomic mass is 9.73. The van der Waals surface area contributed by atoms with Crippen molar-refractivity contribution in [3.05, 3.63) is 0 Å². The monoisotopic (exact) mass is 402 g/mol. The average Bonchev–Trinajstić information content (AvgIpc) is 2.46. The van der Waals surface area contributed by atoms with Crippen LogP contribution in [0, 0.1) is 10.8 Å². The van der Waals surface area contributed by atoms with Crippen molar-refractivity contribution in [2.75, 3.05) is 7.05 Å². The second-order valence-electron chi connectivity index (χ2n) is 12.0. The van der Waals surface area contributed by atoms with Crippen molar-refractivity contribution in [2.45, 2.75) is 154 Å². The zero-order chi connectivity index (χ0) is 24.4. The van der Waals surface area contributed by atoms with Crippen molar-refractivity contribution in [3.63, 3.8) is 0 Å². The van der Waals surface area contributed by atoms with Crippen molar-refractivity contribution < 1.29 is 0 Å². The predicted molar refractivity (Wildman–Crippen MR) is 136 cm³/mol. The van der Waals surface area contributed by atoms with Gasteiger partial charge < -0.3 is 5.32 Å². The van der Waals surface area contributed by atoms with E-state index in [1.54, 1.807) is 0 Å². The minimum absolute atomic E-state index is 0.214. The van der Waals surface area contributed by atoms with Crippen LogP contribution in [0.5, 0.6) is 0 Å². The fourth-order valence-electron chi connectivity index (χ4n) is 2.21. The maximum absolute atomic E-state index is 3.56. The van der Waals surface area contributed by atoms with Gasteiger partial charge in [0.15, 0.2) is 0 Å². The maximum atomic E-state index is 3.56. The Morgan fingerprint density at radius 2 is 0.893 bits per heavy atom. The summed E-state index contributed by atoms with van der Waals surface area (Å²) >= 11 is 0. The van der Waals surface area contributed by atoms with Crippen molar-refractivity contribution >= 4 is 0 Å². The SMILES string of the molecule is CC.CC.CC(NC(C)(C)C)C(C)(C)C.CN(C(C)(C)C)C(C)(C)C(C)(C)C. The Hall–Kier alpha value is -0.0800. The molecule has 2 heteroatoms. The summed E-state index contributed by atoms with van der Waals surface area (Å²) < 4.78 is 0. The van der Waals surface area contributed by atoms with E-state index in [-0.39, 0.29) is 16.6 Å².